The van der Waals surface area contributed by atoms with Gasteiger partial charge in [0.15, 0.2) is 5.82 Å². The molecule has 1 atom stereocenters. The minimum Gasteiger partial charge on any atom is -0.379 e. The van der Waals surface area contributed by atoms with Crippen LogP contribution in [-0.2, 0) is 4.74 Å². The highest BCUT2D eigenvalue weighted by Gasteiger charge is 2.17. The Kier molecular flexibility index (Phi) is 5.45. The minimum absolute atomic E-state index is 0.242. The van der Waals surface area contributed by atoms with E-state index in [4.69, 9.17) is 4.74 Å². The van der Waals surface area contributed by atoms with E-state index in [1.165, 1.54) is 0 Å². The molecule has 24 heavy (non-hydrogen) atoms. The molecule has 1 aromatic heterocycles. The predicted molar refractivity (Wildman–Crippen MR) is 92.4 cm³/mol. The van der Waals surface area contributed by atoms with Gasteiger partial charge in [0.2, 0.25) is 0 Å². The van der Waals surface area contributed by atoms with Crippen molar-refractivity contribution >= 4 is 11.8 Å². The zero-order valence-electron chi connectivity index (χ0n) is 13.8. The van der Waals surface area contributed by atoms with Gasteiger partial charge in [0.25, 0.3) is 0 Å². The zero-order valence-corrected chi connectivity index (χ0v) is 13.8. The molecule has 2 aromatic rings. The summed E-state index contributed by atoms with van der Waals surface area (Å²) < 4.78 is 7.07. The van der Waals surface area contributed by atoms with Crippen molar-refractivity contribution in [1.82, 2.24) is 20.0 Å². The van der Waals surface area contributed by atoms with Crippen LogP contribution in [0.2, 0.25) is 0 Å². The second kappa shape index (κ2) is 7.94. The minimum atomic E-state index is -0.242. The maximum atomic E-state index is 12.0. The van der Waals surface area contributed by atoms with Gasteiger partial charge < -0.3 is 10.1 Å². The molecule has 7 nitrogen and oxygen atoms in total. The lowest BCUT2D eigenvalue weighted by atomic mass is 10.2. The van der Waals surface area contributed by atoms with Gasteiger partial charge in [-0.05, 0) is 19.1 Å². The molecule has 128 valence electrons. The van der Waals surface area contributed by atoms with Crippen molar-refractivity contribution in [1.29, 1.82) is 0 Å². The molecule has 1 aliphatic heterocycles. The summed E-state index contributed by atoms with van der Waals surface area (Å²) in [5.41, 5.74) is 0.951. The largest absolute Gasteiger partial charge is 0.379 e. The third-order valence-electron chi connectivity index (χ3n) is 4.08. The molecule has 2 heterocycles. The Balaban J connectivity index is 1.47. The highest BCUT2D eigenvalue weighted by molar-refractivity contribution is 5.88. The second-order valence-corrected chi connectivity index (χ2v) is 5.81. The molecule has 0 unspecified atom stereocenters. The van der Waals surface area contributed by atoms with Gasteiger partial charge in [-0.25, -0.2) is 9.48 Å². The number of rotatable bonds is 5. The van der Waals surface area contributed by atoms with Gasteiger partial charge in [0.05, 0.1) is 18.9 Å². The fraction of sp³-hybridized carbons (Fsp3) is 0.412. The van der Waals surface area contributed by atoms with Crippen molar-refractivity contribution in [2.75, 3.05) is 38.2 Å². The Morgan fingerprint density at radius 3 is 2.75 bits per heavy atom. The Morgan fingerprint density at radius 1 is 1.25 bits per heavy atom. The van der Waals surface area contributed by atoms with Gasteiger partial charge in [-0.3, -0.25) is 10.2 Å². The third-order valence-corrected chi connectivity index (χ3v) is 4.08. The monoisotopic (exact) mass is 329 g/mol. The molecular weight excluding hydrogens is 306 g/mol. The summed E-state index contributed by atoms with van der Waals surface area (Å²) >= 11 is 0. The maximum Gasteiger partial charge on any atom is 0.320 e. The lowest BCUT2D eigenvalue weighted by Gasteiger charge is -2.32. The van der Waals surface area contributed by atoms with Crippen LogP contribution < -0.4 is 10.6 Å². The van der Waals surface area contributed by atoms with Gasteiger partial charge in [-0.15, -0.1) is 5.10 Å². The summed E-state index contributed by atoms with van der Waals surface area (Å²) in [5, 5.41) is 10.0. The van der Waals surface area contributed by atoms with Crippen molar-refractivity contribution in [3.63, 3.8) is 0 Å². The van der Waals surface area contributed by atoms with E-state index in [0.717, 1.165) is 32.0 Å². The first-order chi connectivity index (χ1) is 11.7. The highest BCUT2D eigenvalue weighted by Crippen LogP contribution is 2.09. The molecule has 1 aliphatic rings. The summed E-state index contributed by atoms with van der Waals surface area (Å²) in [7, 11) is 0. The summed E-state index contributed by atoms with van der Waals surface area (Å²) in [6.45, 7) is 6.03. The van der Waals surface area contributed by atoms with Crippen LogP contribution in [0.1, 0.15) is 6.92 Å². The Hall–Kier alpha value is -2.38. The van der Waals surface area contributed by atoms with Crippen molar-refractivity contribution in [2.45, 2.75) is 13.0 Å². The van der Waals surface area contributed by atoms with Crippen LogP contribution in [0.15, 0.2) is 42.6 Å². The van der Waals surface area contributed by atoms with E-state index in [2.05, 4.69) is 27.6 Å². The highest BCUT2D eigenvalue weighted by atomic mass is 16.5. The standard InChI is InChI=1S/C17H23N5O2/c1-14(21-9-11-24-12-10-21)13-18-17(23)19-16-7-8-22(20-16)15-5-3-2-4-6-15/h2-8,14H,9-13H2,1H3,(H2,18,19,20,23)/t14-/m0/s1. The van der Waals surface area contributed by atoms with Crippen LogP contribution in [0.4, 0.5) is 10.6 Å². The number of nitrogens with zero attached hydrogens (tertiary/aromatic N) is 3. The number of urea groups is 1. The van der Waals surface area contributed by atoms with E-state index in [9.17, 15) is 4.79 Å². The number of aromatic nitrogens is 2. The van der Waals surface area contributed by atoms with Crippen LogP contribution in [0, 0.1) is 0 Å². The number of benzene rings is 1. The van der Waals surface area contributed by atoms with Crippen molar-refractivity contribution in [3.8, 4) is 5.69 Å². The summed E-state index contributed by atoms with van der Waals surface area (Å²) in [4.78, 5) is 14.3. The normalized spacial score (nSPS) is 16.5. The van der Waals surface area contributed by atoms with Crippen LogP contribution >= 0.6 is 0 Å². The van der Waals surface area contributed by atoms with Crippen LogP contribution in [-0.4, -0.2) is 59.6 Å². The van der Waals surface area contributed by atoms with Gasteiger partial charge in [-0.1, -0.05) is 18.2 Å². The van der Waals surface area contributed by atoms with Crippen LogP contribution in [0.5, 0.6) is 0 Å². The van der Waals surface area contributed by atoms with Gasteiger partial charge in [0, 0.05) is 37.9 Å². The average Bonchev–Trinajstić information content (AvgIpc) is 3.09. The number of morpholine rings is 1. The SMILES string of the molecule is C[C@@H](CNC(=O)Nc1ccn(-c2ccccc2)n1)N1CCOCC1. The fourth-order valence-electron chi connectivity index (χ4n) is 2.66. The van der Waals surface area contributed by atoms with E-state index in [1.54, 1.807) is 10.7 Å². The molecule has 0 bridgehead atoms. The number of ether oxygens (including phenoxy) is 1. The molecule has 2 amide bonds. The number of anilines is 1. The fourth-order valence-corrected chi connectivity index (χ4v) is 2.66. The van der Waals surface area contributed by atoms with Crippen molar-refractivity contribution < 1.29 is 9.53 Å². The van der Waals surface area contributed by atoms with E-state index in [-0.39, 0.29) is 12.1 Å². The number of hydrogen-bond acceptors (Lipinski definition) is 4. The molecule has 7 heteroatoms. The molecule has 0 aliphatic carbocycles. The zero-order chi connectivity index (χ0) is 16.8. The lowest BCUT2D eigenvalue weighted by Crippen LogP contribution is -2.47. The number of para-hydroxylation sites is 1. The molecular formula is C17H23N5O2. The second-order valence-electron chi connectivity index (χ2n) is 5.81. The average molecular weight is 329 g/mol. The van der Waals surface area contributed by atoms with Crippen LogP contribution in [0.25, 0.3) is 5.69 Å². The molecule has 0 radical (unpaired) electrons. The third kappa shape index (κ3) is 4.33. The van der Waals surface area contributed by atoms with Crippen molar-refractivity contribution in [2.24, 2.45) is 0 Å². The Morgan fingerprint density at radius 2 is 2.00 bits per heavy atom. The molecule has 1 saturated heterocycles. The number of amides is 2. The lowest BCUT2D eigenvalue weighted by molar-refractivity contribution is 0.0209. The van der Waals surface area contributed by atoms with E-state index in [0.29, 0.717) is 12.4 Å². The Bertz CT molecular complexity index is 652. The van der Waals surface area contributed by atoms with Gasteiger partial charge in [0.1, 0.15) is 0 Å². The molecule has 1 fully saturated rings. The summed E-state index contributed by atoms with van der Waals surface area (Å²) in [5.74, 6) is 0.523. The number of carbonyl (C=O) groups excluding carboxylic acids is 1. The number of nitrogens with one attached hydrogen (secondary N) is 2. The van der Waals surface area contributed by atoms with Gasteiger partial charge in [-0.2, -0.15) is 0 Å². The van der Waals surface area contributed by atoms with Crippen LogP contribution in [0.3, 0.4) is 0 Å². The Labute approximate surface area is 141 Å². The molecule has 3 rings (SSSR count). The molecule has 0 saturated carbocycles. The predicted octanol–water partition coefficient (Wildman–Crippen LogP) is 1.71. The van der Waals surface area contributed by atoms with Gasteiger partial charge >= 0.3 is 6.03 Å². The summed E-state index contributed by atoms with van der Waals surface area (Å²) in [6, 6.07) is 11.6. The quantitative estimate of drug-likeness (QED) is 0.876. The van der Waals surface area contributed by atoms with E-state index < -0.39 is 0 Å². The number of hydrogen-bond donors (Lipinski definition) is 2. The topological polar surface area (TPSA) is 71.4 Å². The van der Waals surface area contributed by atoms with E-state index in [1.807, 2.05) is 36.5 Å². The first-order valence-electron chi connectivity index (χ1n) is 8.20. The smallest absolute Gasteiger partial charge is 0.320 e. The first-order valence-corrected chi connectivity index (χ1v) is 8.20. The first kappa shape index (κ1) is 16.5. The van der Waals surface area contributed by atoms with Crippen molar-refractivity contribution in [3.05, 3.63) is 42.6 Å². The molecule has 1 aromatic carbocycles. The summed E-state index contributed by atoms with van der Waals surface area (Å²) in [6.07, 6.45) is 1.82. The maximum absolute atomic E-state index is 12.0. The number of carbonyl (C=O) groups is 1. The molecule has 0 spiro atoms. The molecule has 2 N–H and O–H groups in total. The van der Waals surface area contributed by atoms with E-state index >= 15 is 0 Å².